The van der Waals surface area contributed by atoms with E-state index in [0.29, 0.717) is 11.8 Å². The SMILES string of the molecule is C[C@@H]1C[C@H]2C[C@@H]2/C=C\C=C\C(=O)Cc2c(Cl)c(O)cc(O)c2C(=O)N1. The number of nitrogens with one attached hydrogen (secondary N) is 1. The highest BCUT2D eigenvalue weighted by molar-refractivity contribution is 6.33. The molecule has 3 N–H and O–H groups in total. The molecule has 1 saturated carbocycles. The lowest BCUT2D eigenvalue weighted by Crippen LogP contribution is -2.34. The van der Waals surface area contributed by atoms with Crippen molar-refractivity contribution in [2.75, 3.05) is 0 Å². The van der Waals surface area contributed by atoms with Crippen molar-refractivity contribution < 1.29 is 19.8 Å². The minimum Gasteiger partial charge on any atom is -0.507 e. The van der Waals surface area contributed by atoms with E-state index in [1.165, 1.54) is 6.08 Å². The Morgan fingerprint density at radius 1 is 1.16 bits per heavy atom. The minimum absolute atomic E-state index is 0.0589. The number of aromatic hydroxyl groups is 2. The number of phenols is 2. The highest BCUT2D eigenvalue weighted by Gasteiger charge is 2.36. The van der Waals surface area contributed by atoms with Crippen LogP contribution in [0.4, 0.5) is 0 Å². The average molecular weight is 362 g/mol. The zero-order valence-corrected chi connectivity index (χ0v) is 14.6. The van der Waals surface area contributed by atoms with E-state index in [2.05, 4.69) is 11.4 Å². The Balaban J connectivity index is 2.01. The largest absolute Gasteiger partial charge is 0.507 e. The molecule has 0 saturated heterocycles. The highest BCUT2D eigenvalue weighted by Crippen LogP contribution is 2.43. The molecule has 2 aliphatic rings. The molecule has 6 heteroatoms. The van der Waals surface area contributed by atoms with Crippen molar-refractivity contribution in [3.8, 4) is 11.5 Å². The Morgan fingerprint density at radius 3 is 2.68 bits per heavy atom. The first-order valence-electron chi connectivity index (χ1n) is 8.28. The fraction of sp³-hybridized carbons (Fsp3) is 0.368. The van der Waals surface area contributed by atoms with Gasteiger partial charge < -0.3 is 15.5 Å². The van der Waals surface area contributed by atoms with Crippen molar-refractivity contribution in [2.45, 2.75) is 32.2 Å². The van der Waals surface area contributed by atoms with Gasteiger partial charge in [-0.2, -0.15) is 0 Å². The quantitative estimate of drug-likeness (QED) is 0.662. The predicted octanol–water partition coefficient (Wildman–Crippen LogP) is 3.13. The van der Waals surface area contributed by atoms with Gasteiger partial charge in [0.05, 0.1) is 10.6 Å². The number of amides is 1. The second-order valence-electron chi connectivity index (χ2n) is 6.74. The normalized spacial score (nSPS) is 29.0. The number of halogens is 1. The van der Waals surface area contributed by atoms with Gasteiger partial charge in [0, 0.05) is 18.5 Å². The number of allylic oxidation sites excluding steroid dienone is 4. The van der Waals surface area contributed by atoms with Crippen molar-refractivity contribution >= 4 is 23.3 Å². The molecule has 1 amide bonds. The van der Waals surface area contributed by atoms with Crippen LogP contribution in [0.1, 0.15) is 35.7 Å². The molecule has 132 valence electrons. The van der Waals surface area contributed by atoms with E-state index in [9.17, 15) is 19.8 Å². The van der Waals surface area contributed by atoms with Gasteiger partial charge in [0.25, 0.3) is 5.91 Å². The number of hydrogen-bond donors (Lipinski definition) is 3. The van der Waals surface area contributed by atoms with Gasteiger partial charge in [0.1, 0.15) is 11.5 Å². The second-order valence-corrected chi connectivity index (χ2v) is 7.12. The summed E-state index contributed by atoms with van der Waals surface area (Å²) < 4.78 is 0. The standard InChI is InChI=1S/C19H20ClNO4/c1-10-6-12-7-11(12)4-2-3-5-13(22)8-14-17(19(25)21-10)15(23)9-16(24)18(14)20/h2-5,9-12,23-24H,6-8H2,1H3,(H,21,25)/b4-2-,5-3+/t10-,11+,12+/m1/s1. The molecule has 1 heterocycles. The zero-order valence-electron chi connectivity index (χ0n) is 13.8. The second kappa shape index (κ2) is 6.92. The summed E-state index contributed by atoms with van der Waals surface area (Å²) in [7, 11) is 0. The summed E-state index contributed by atoms with van der Waals surface area (Å²) in [5.41, 5.74) is 0.0696. The molecule has 3 atom stereocenters. The van der Waals surface area contributed by atoms with Gasteiger partial charge in [-0.15, -0.1) is 0 Å². The Labute approximate surface area is 151 Å². The van der Waals surface area contributed by atoms with Crippen LogP contribution in [0.2, 0.25) is 5.02 Å². The summed E-state index contributed by atoms with van der Waals surface area (Å²) in [5, 5.41) is 22.7. The molecule has 0 bridgehead atoms. The summed E-state index contributed by atoms with van der Waals surface area (Å²) in [6.07, 6.45) is 8.73. The number of carbonyl (C=O) groups is 2. The fourth-order valence-corrected chi connectivity index (χ4v) is 3.51. The van der Waals surface area contributed by atoms with Gasteiger partial charge in [-0.3, -0.25) is 9.59 Å². The van der Waals surface area contributed by atoms with Crippen molar-refractivity contribution in [1.82, 2.24) is 5.32 Å². The zero-order chi connectivity index (χ0) is 18.1. The first-order valence-corrected chi connectivity index (χ1v) is 8.66. The number of phenolic OH excluding ortho intramolecular Hbond substituents is 2. The monoisotopic (exact) mass is 361 g/mol. The van der Waals surface area contributed by atoms with Crippen molar-refractivity contribution in [2.24, 2.45) is 11.8 Å². The van der Waals surface area contributed by atoms with Crippen LogP contribution in [-0.4, -0.2) is 27.9 Å². The summed E-state index contributed by atoms with van der Waals surface area (Å²) in [4.78, 5) is 24.8. The van der Waals surface area contributed by atoms with Crippen LogP contribution in [0, 0.1) is 11.8 Å². The number of hydrogen-bond acceptors (Lipinski definition) is 4. The van der Waals surface area contributed by atoms with E-state index >= 15 is 0 Å². The smallest absolute Gasteiger partial charge is 0.255 e. The summed E-state index contributed by atoms with van der Waals surface area (Å²) >= 11 is 6.10. The Kier molecular flexibility index (Phi) is 4.86. The van der Waals surface area contributed by atoms with Crippen LogP contribution in [0.15, 0.2) is 30.4 Å². The van der Waals surface area contributed by atoms with Gasteiger partial charge in [0.2, 0.25) is 0 Å². The maximum Gasteiger partial charge on any atom is 0.255 e. The number of benzene rings is 1. The molecule has 1 aromatic rings. The first kappa shape index (κ1) is 17.5. The summed E-state index contributed by atoms with van der Waals surface area (Å²) in [6, 6.07) is 0.944. The molecule has 0 radical (unpaired) electrons. The average Bonchev–Trinajstić information content (AvgIpc) is 3.25. The molecular weight excluding hydrogens is 342 g/mol. The van der Waals surface area contributed by atoms with E-state index in [1.807, 2.05) is 13.0 Å². The molecule has 1 aliphatic heterocycles. The van der Waals surface area contributed by atoms with Gasteiger partial charge in [-0.25, -0.2) is 0 Å². The Bertz CT molecular complexity index is 784. The number of ketones is 1. The highest BCUT2D eigenvalue weighted by atomic mass is 35.5. The minimum atomic E-state index is -0.497. The van der Waals surface area contributed by atoms with Gasteiger partial charge in [0.15, 0.2) is 5.78 Å². The molecule has 0 spiro atoms. The fourth-order valence-electron chi connectivity index (χ4n) is 3.29. The van der Waals surface area contributed by atoms with Gasteiger partial charge in [-0.05, 0) is 43.2 Å². The van der Waals surface area contributed by atoms with Crippen LogP contribution in [-0.2, 0) is 11.2 Å². The third-order valence-corrected chi connectivity index (χ3v) is 5.08. The first-order chi connectivity index (χ1) is 11.9. The van der Waals surface area contributed by atoms with Crippen molar-refractivity contribution in [3.63, 3.8) is 0 Å². The van der Waals surface area contributed by atoms with Crippen LogP contribution < -0.4 is 5.32 Å². The summed E-state index contributed by atoms with van der Waals surface area (Å²) in [6.45, 7) is 1.91. The molecule has 25 heavy (non-hydrogen) atoms. The molecule has 5 nitrogen and oxygen atoms in total. The molecule has 0 aromatic heterocycles. The van der Waals surface area contributed by atoms with Gasteiger partial charge in [-0.1, -0.05) is 29.8 Å². The lowest BCUT2D eigenvalue weighted by Gasteiger charge is -2.18. The van der Waals surface area contributed by atoms with E-state index in [4.69, 9.17) is 11.6 Å². The van der Waals surface area contributed by atoms with Crippen molar-refractivity contribution in [1.29, 1.82) is 0 Å². The topological polar surface area (TPSA) is 86.6 Å². The lowest BCUT2D eigenvalue weighted by molar-refractivity contribution is -0.114. The molecule has 0 unspecified atom stereocenters. The molecule has 3 rings (SSSR count). The number of rotatable bonds is 0. The predicted molar refractivity (Wildman–Crippen MR) is 94.9 cm³/mol. The maximum atomic E-state index is 12.6. The summed E-state index contributed by atoms with van der Waals surface area (Å²) in [5.74, 6) is -0.539. The molecule has 1 fully saturated rings. The van der Waals surface area contributed by atoms with E-state index < -0.39 is 11.7 Å². The Hall–Kier alpha value is -2.27. The molecule has 1 aromatic carbocycles. The third-order valence-electron chi connectivity index (χ3n) is 4.66. The molecular formula is C19H20ClNO4. The number of fused-ring (bicyclic) bond motifs is 2. The Morgan fingerprint density at radius 2 is 1.92 bits per heavy atom. The van der Waals surface area contributed by atoms with Crippen LogP contribution in [0.3, 0.4) is 0 Å². The number of carbonyl (C=O) groups excluding carboxylic acids is 2. The maximum absolute atomic E-state index is 12.6. The van der Waals surface area contributed by atoms with Gasteiger partial charge >= 0.3 is 0 Å². The third kappa shape index (κ3) is 3.87. The van der Waals surface area contributed by atoms with E-state index in [0.717, 1.165) is 18.9 Å². The van der Waals surface area contributed by atoms with E-state index in [1.54, 1.807) is 6.08 Å². The van der Waals surface area contributed by atoms with Crippen molar-refractivity contribution in [3.05, 3.63) is 46.5 Å². The lowest BCUT2D eigenvalue weighted by atomic mass is 9.98. The molecule has 1 aliphatic carbocycles. The van der Waals surface area contributed by atoms with Crippen LogP contribution >= 0.6 is 11.6 Å². The van der Waals surface area contributed by atoms with E-state index in [-0.39, 0.29) is 40.1 Å². The van der Waals surface area contributed by atoms with Crippen LogP contribution in [0.25, 0.3) is 0 Å². The van der Waals surface area contributed by atoms with Crippen LogP contribution in [0.5, 0.6) is 11.5 Å².